The fourth-order valence-corrected chi connectivity index (χ4v) is 8.01. The molecule has 0 N–H and O–H groups in total. The number of ether oxygens (including phenoxy) is 8. The van der Waals surface area contributed by atoms with Crippen LogP contribution in [0.5, 0.6) is 40.4 Å². The molecule has 0 aliphatic carbocycles. The summed E-state index contributed by atoms with van der Waals surface area (Å²) in [6.07, 6.45) is 13.0. The van der Waals surface area contributed by atoms with Crippen LogP contribution in [0.3, 0.4) is 0 Å². The quantitative estimate of drug-likeness (QED) is 0.0124. The highest BCUT2D eigenvalue weighted by molar-refractivity contribution is 6.08. The predicted molar refractivity (Wildman–Crippen MR) is 296 cm³/mol. The van der Waals surface area contributed by atoms with E-state index in [1.807, 2.05) is 84.9 Å². The molecule has 402 valence electrons. The highest BCUT2D eigenvalue weighted by atomic mass is 16.5. The zero-order chi connectivity index (χ0) is 53.9. The Kier molecular flexibility index (Phi) is 23.7. The van der Waals surface area contributed by atoms with Crippen LogP contribution < -0.4 is 28.4 Å². The van der Waals surface area contributed by atoms with Crippen molar-refractivity contribution in [1.29, 1.82) is 0 Å². The first-order valence-corrected chi connectivity index (χ1v) is 26.7. The fourth-order valence-electron chi connectivity index (χ4n) is 8.01. The topological polar surface area (TPSA) is 155 Å². The zero-order valence-electron chi connectivity index (χ0n) is 44.5. The van der Waals surface area contributed by atoms with E-state index in [0.29, 0.717) is 85.2 Å². The summed E-state index contributed by atoms with van der Waals surface area (Å²) in [7, 11) is 0. The molecule has 0 radical (unpaired) electrons. The Labute approximate surface area is 447 Å². The molecule has 1 aromatic heterocycles. The summed E-state index contributed by atoms with van der Waals surface area (Å²) in [5, 5.41) is 2.23. The Balaban J connectivity index is 1.03. The first-order valence-electron chi connectivity index (χ1n) is 26.7. The summed E-state index contributed by atoms with van der Waals surface area (Å²) in [4.78, 5) is 54.3. The maximum Gasteiger partial charge on any atom is 0.333 e. The van der Waals surface area contributed by atoms with E-state index in [9.17, 15) is 19.2 Å². The van der Waals surface area contributed by atoms with Gasteiger partial charge in [0.1, 0.15) is 34.5 Å². The van der Waals surface area contributed by atoms with Gasteiger partial charge in [0, 0.05) is 40.8 Å². The lowest BCUT2D eigenvalue weighted by Gasteiger charge is -2.14. The lowest BCUT2D eigenvalue weighted by Crippen LogP contribution is -2.09. The van der Waals surface area contributed by atoms with Crippen molar-refractivity contribution in [2.24, 2.45) is 0 Å². The number of aryl methyl sites for hydroxylation is 2. The molecule has 0 fully saturated rings. The molecule has 0 saturated carbocycles. The third kappa shape index (κ3) is 19.9. The second-order valence-corrected chi connectivity index (χ2v) is 18.9. The maximum atomic E-state index is 13.2. The Morgan fingerprint density at radius 3 is 1.29 bits per heavy atom. The highest BCUT2D eigenvalue weighted by Gasteiger charge is 2.16. The van der Waals surface area contributed by atoms with Gasteiger partial charge in [0.2, 0.25) is 5.88 Å². The molecule has 6 rings (SSSR count). The van der Waals surface area contributed by atoms with Gasteiger partial charge in [-0.05, 0) is 180 Å². The van der Waals surface area contributed by atoms with E-state index in [-0.39, 0.29) is 42.6 Å². The molecule has 0 spiro atoms. The average Bonchev–Trinajstić information content (AvgIpc) is 3.42. The number of rotatable bonds is 34. The van der Waals surface area contributed by atoms with Crippen molar-refractivity contribution in [1.82, 2.24) is 4.98 Å². The Morgan fingerprint density at radius 2 is 0.829 bits per heavy atom. The second-order valence-electron chi connectivity index (χ2n) is 18.9. The van der Waals surface area contributed by atoms with Gasteiger partial charge in [0.05, 0.1) is 38.6 Å². The standard InChI is InChI=1S/C63H73NO12/c1-6-7-8-13-38-71-51-28-30-52(31-29-51)76-61-57-43-53(74-59(65)36-22-47-18-24-49(25-19-47)69-39-14-9-11-16-41-72-62(67)45(2)3)32-34-55(57)56-35-33-54(44-58(56)64-61)75-60(66)37-23-48-20-26-50(27-21-48)70-40-15-10-12-17-42-73-63(68)46(4)5/h18-21,24-35,43-44H,2,4,6-17,22-23,36-42H2,1,3,5H3. The summed E-state index contributed by atoms with van der Waals surface area (Å²) < 4.78 is 46.2. The highest BCUT2D eigenvalue weighted by Crippen LogP contribution is 2.37. The molecule has 0 aliphatic rings. The van der Waals surface area contributed by atoms with Crippen molar-refractivity contribution in [2.45, 2.75) is 124 Å². The number of unbranched alkanes of at least 4 members (excludes halogenated alkanes) is 9. The van der Waals surface area contributed by atoms with Crippen LogP contribution in [0.15, 0.2) is 133 Å². The lowest BCUT2D eigenvalue weighted by atomic mass is 10.1. The van der Waals surface area contributed by atoms with E-state index in [2.05, 4.69) is 20.1 Å². The van der Waals surface area contributed by atoms with Crippen LogP contribution in [-0.4, -0.2) is 61.9 Å². The largest absolute Gasteiger partial charge is 0.494 e. The SMILES string of the molecule is C=C(C)C(=O)OCCCCCCOc1ccc(CCC(=O)Oc2ccc3c(c2)nc(Oc2ccc(OCCCCCC)cc2)c2cc(OC(=O)CCc4ccc(OCCCCCCOC(=O)C(=C)C)cc4)ccc23)cc1. The van der Waals surface area contributed by atoms with Gasteiger partial charge < -0.3 is 37.9 Å². The van der Waals surface area contributed by atoms with Crippen molar-refractivity contribution in [2.75, 3.05) is 33.0 Å². The average molecular weight is 1040 g/mol. The van der Waals surface area contributed by atoms with Crippen LogP contribution >= 0.6 is 0 Å². The third-order valence-corrected chi connectivity index (χ3v) is 12.3. The van der Waals surface area contributed by atoms with Crippen molar-refractivity contribution in [3.8, 4) is 40.4 Å². The van der Waals surface area contributed by atoms with Gasteiger partial charge in [-0.3, -0.25) is 9.59 Å². The minimum atomic E-state index is -0.385. The molecule has 0 atom stereocenters. The van der Waals surface area contributed by atoms with Gasteiger partial charge in [-0.1, -0.05) is 63.6 Å². The molecule has 76 heavy (non-hydrogen) atoms. The smallest absolute Gasteiger partial charge is 0.333 e. The Hall–Kier alpha value is -7.67. The van der Waals surface area contributed by atoms with Gasteiger partial charge >= 0.3 is 23.9 Å². The van der Waals surface area contributed by atoms with Crippen LogP contribution in [0, 0.1) is 0 Å². The molecular weight excluding hydrogens is 963 g/mol. The van der Waals surface area contributed by atoms with Crippen LogP contribution in [0.4, 0.5) is 0 Å². The van der Waals surface area contributed by atoms with Gasteiger partial charge in [-0.25, -0.2) is 14.6 Å². The summed E-state index contributed by atoms with van der Waals surface area (Å²) in [6.45, 7) is 15.2. The predicted octanol–water partition coefficient (Wildman–Crippen LogP) is 14.3. The molecule has 0 aliphatic heterocycles. The zero-order valence-corrected chi connectivity index (χ0v) is 44.5. The molecular formula is C63H73NO12. The number of hydrogen-bond acceptors (Lipinski definition) is 13. The number of nitrogens with zero attached hydrogens (tertiary/aromatic N) is 1. The number of aromatic nitrogens is 1. The van der Waals surface area contributed by atoms with E-state index in [1.54, 1.807) is 38.1 Å². The lowest BCUT2D eigenvalue weighted by molar-refractivity contribution is -0.139. The summed E-state index contributed by atoms with van der Waals surface area (Å²) in [6, 6.07) is 33.6. The number of benzene rings is 5. The molecule has 0 unspecified atom stereocenters. The number of fused-ring (bicyclic) bond motifs is 3. The van der Waals surface area contributed by atoms with E-state index >= 15 is 0 Å². The first-order chi connectivity index (χ1) is 36.9. The van der Waals surface area contributed by atoms with Crippen LogP contribution in [0.1, 0.15) is 122 Å². The Bertz CT molecular complexity index is 2840. The number of hydrogen-bond donors (Lipinski definition) is 0. The van der Waals surface area contributed by atoms with Crippen molar-refractivity contribution in [3.05, 3.63) is 145 Å². The normalized spacial score (nSPS) is 10.9. The van der Waals surface area contributed by atoms with Crippen molar-refractivity contribution in [3.63, 3.8) is 0 Å². The van der Waals surface area contributed by atoms with E-state index in [1.165, 1.54) is 6.42 Å². The van der Waals surface area contributed by atoms with Crippen molar-refractivity contribution >= 4 is 45.6 Å². The molecule has 5 aromatic carbocycles. The van der Waals surface area contributed by atoms with Crippen LogP contribution in [0.2, 0.25) is 0 Å². The molecule has 1 heterocycles. The fraction of sp³-hybridized carbons (Fsp3) is 0.381. The summed E-state index contributed by atoms with van der Waals surface area (Å²) >= 11 is 0. The Morgan fingerprint density at radius 1 is 0.434 bits per heavy atom. The molecule has 13 heteroatoms. The van der Waals surface area contributed by atoms with Gasteiger partial charge in [-0.15, -0.1) is 0 Å². The van der Waals surface area contributed by atoms with Crippen LogP contribution in [0.25, 0.3) is 21.7 Å². The maximum absolute atomic E-state index is 13.2. The summed E-state index contributed by atoms with van der Waals surface area (Å²) in [5.74, 6) is 2.32. The van der Waals surface area contributed by atoms with Gasteiger partial charge in [0.15, 0.2) is 0 Å². The molecule has 0 bridgehead atoms. The van der Waals surface area contributed by atoms with Gasteiger partial charge in [0.25, 0.3) is 0 Å². The number of esters is 4. The summed E-state index contributed by atoms with van der Waals surface area (Å²) in [5.41, 5.74) is 3.32. The minimum absolute atomic E-state index is 0.164. The number of pyridine rings is 1. The number of carbonyl (C=O) groups excluding carboxylic acids is 4. The van der Waals surface area contributed by atoms with Gasteiger partial charge in [-0.2, -0.15) is 0 Å². The monoisotopic (exact) mass is 1040 g/mol. The van der Waals surface area contributed by atoms with E-state index in [4.69, 9.17) is 42.9 Å². The second kappa shape index (κ2) is 31.3. The van der Waals surface area contributed by atoms with Crippen LogP contribution in [-0.2, 0) is 41.5 Å². The van der Waals surface area contributed by atoms with Crippen molar-refractivity contribution < 1.29 is 57.1 Å². The minimum Gasteiger partial charge on any atom is -0.494 e. The third-order valence-electron chi connectivity index (χ3n) is 12.3. The molecule has 0 amide bonds. The molecule has 0 saturated heterocycles. The first kappa shape index (κ1) is 57.6. The number of carbonyl (C=O) groups is 4. The molecule has 6 aromatic rings. The van der Waals surface area contributed by atoms with E-state index < -0.39 is 0 Å². The molecule has 13 nitrogen and oxygen atoms in total. The van der Waals surface area contributed by atoms with E-state index in [0.717, 1.165) is 110 Å².